The van der Waals surface area contributed by atoms with Gasteiger partial charge in [-0.15, -0.1) is 0 Å². The summed E-state index contributed by atoms with van der Waals surface area (Å²) < 4.78 is 13.7. The summed E-state index contributed by atoms with van der Waals surface area (Å²) in [5.41, 5.74) is 4.37. The standard InChI is InChI=1S/C23H24FN3O/c1-15(2)19-9-6-7-16(3)23(19)27-21-12-11-18(14-25-21)26-22(28)13-17-8-4-5-10-20(17)24/h4-12,14-15H,13H2,1-3H3,(H,25,27)(H,26,28). The molecule has 0 bridgehead atoms. The van der Waals surface area contributed by atoms with E-state index in [-0.39, 0.29) is 18.1 Å². The molecule has 1 heterocycles. The van der Waals surface area contributed by atoms with Gasteiger partial charge in [0, 0.05) is 5.69 Å². The van der Waals surface area contributed by atoms with Gasteiger partial charge in [-0.25, -0.2) is 9.37 Å². The number of pyridine rings is 1. The molecule has 2 N–H and O–H groups in total. The Morgan fingerprint density at radius 1 is 1.07 bits per heavy atom. The molecule has 0 aliphatic rings. The lowest BCUT2D eigenvalue weighted by Gasteiger charge is -2.17. The van der Waals surface area contributed by atoms with Gasteiger partial charge >= 0.3 is 0 Å². The molecule has 0 fully saturated rings. The summed E-state index contributed by atoms with van der Waals surface area (Å²) in [7, 11) is 0. The Hall–Kier alpha value is -3.21. The van der Waals surface area contributed by atoms with Crippen LogP contribution < -0.4 is 10.6 Å². The van der Waals surface area contributed by atoms with Crippen LogP contribution in [0.15, 0.2) is 60.8 Å². The van der Waals surface area contributed by atoms with Gasteiger partial charge in [0.05, 0.1) is 18.3 Å². The third kappa shape index (κ3) is 4.74. The number of rotatable bonds is 6. The maximum Gasteiger partial charge on any atom is 0.228 e. The average Bonchev–Trinajstić information content (AvgIpc) is 2.66. The molecule has 28 heavy (non-hydrogen) atoms. The van der Waals surface area contributed by atoms with Crippen molar-refractivity contribution < 1.29 is 9.18 Å². The molecule has 0 saturated heterocycles. The Bertz CT molecular complexity index is 968. The zero-order chi connectivity index (χ0) is 20.1. The van der Waals surface area contributed by atoms with Crippen LogP contribution in [0.4, 0.5) is 21.6 Å². The number of hydrogen-bond acceptors (Lipinski definition) is 3. The summed E-state index contributed by atoms with van der Waals surface area (Å²) in [6.07, 6.45) is 1.57. The summed E-state index contributed by atoms with van der Waals surface area (Å²) in [6.45, 7) is 6.37. The zero-order valence-electron chi connectivity index (χ0n) is 16.3. The van der Waals surface area contributed by atoms with Crippen molar-refractivity contribution in [3.8, 4) is 0 Å². The molecule has 1 amide bonds. The van der Waals surface area contributed by atoms with Gasteiger partial charge in [-0.2, -0.15) is 0 Å². The van der Waals surface area contributed by atoms with Gasteiger partial charge in [-0.3, -0.25) is 4.79 Å². The molecule has 0 saturated carbocycles. The first-order chi connectivity index (χ1) is 13.4. The van der Waals surface area contributed by atoms with E-state index in [0.717, 1.165) is 11.3 Å². The van der Waals surface area contributed by atoms with Crippen LogP contribution in [0.25, 0.3) is 0 Å². The van der Waals surface area contributed by atoms with E-state index in [4.69, 9.17) is 0 Å². The first-order valence-electron chi connectivity index (χ1n) is 9.30. The van der Waals surface area contributed by atoms with E-state index >= 15 is 0 Å². The number of hydrogen-bond donors (Lipinski definition) is 2. The van der Waals surface area contributed by atoms with E-state index in [1.165, 1.54) is 11.6 Å². The Balaban J connectivity index is 1.68. The summed E-state index contributed by atoms with van der Waals surface area (Å²) in [5, 5.41) is 6.13. The van der Waals surface area contributed by atoms with Crippen LogP contribution in [-0.2, 0) is 11.2 Å². The Morgan fingerprint density at radius 3 is 2.54 bits per heavy atom. The van der Waals surface area contributed by atoms with Crippen molar-refractivity contribution in [3.63, 3.8) is 0 Å². The second-order valence-corrected chi connectivity index (χ2v) is 7.07. The van der Waals surface area contributed by atoms with Crippen LogP contribution in [0.3, 0.4) is 0 Å². The minimum atomic E-state index is -0.380. The van der Waals surface area contributed by atoms with Crippen molar-refractivity contribution in [2.75, 3.05) is 10.6 Å². The summed E-state index contributed by atoms with van der Waals surface area (Å²) in [6, 6.07) is 16.1. The number of para-hydroxylation sites is 1. The fraction of sp³-hybridized carbons (Fsp3) is 0.217. The molecule has 0 atom stereocenters. The number of benzene rings is 2. The summed E-state index contributed by atoms with van der Waals surface area (Å²) >= 11 is 0. The number of carbonyl (C=O) groups excluding carboxylic acids is 1. The lowest BCUT2D eigenvalue weighted by atomic mass is 9.98. The van der Waals surface area contributed by atoms with E-state index in [9.17, 15) is 9.18 Å². The molecule has 0 unspecified atom stereocenters. The van der Waals surface area contributed by atoms with Crippen LogP contribution in [0.2, 0.25) is 0 Å². The molecule has 5 heteroatoms. The van der Waals surface area contributed by atoms with Gasteiger partial charge in [-0.05, 0) is 47.7 Å². The van der Waals surface area contributed by atoms with Crippen LogP contribution in [0, 0.1) is 12.7 Å². The van der Waals surface area contributed by atoms with Crippen molar-refractivity contribution >= 4 is 23.1 Å². The molecule has 3 aromatic rings. The summed E-state index contributed by atoms with van der Waals surface area (Å²) in [4.78, 5) is 16.5. The smallest absolute Gasteiger partial charge is 0.228 e. The number of nitrogens with zero attached hydrogens (tertiary/aromatic N) is 1. The lowest BCUT2D eigenvalue weighted by molar-refractivity contribution is -0.115. The maximum absolute atomic E-state index is 13.7. The van der Waals surface area contributed by atoms with Crippen LogP contribution in [0.1, 0.15) is 36.5 Å². The van der Waals surface area contributed by atoms with Crippen molar-refractivity contribution in [3.05, 3.63) is 83.3 Å². The molecule has 3 rings (SSSR count). The quantitative estimate of drug-likeness (QED) is 0.590. The van der Waals surface area contributed by atoms with Gasteiger partial charge in [0.15, 0.2) is 0 Å². The van der Waals surface area contributed by atoms with E-state index < -0.39 is 0 Å². The minimum Gasteiger partial charge on any atom is -0.340 e. The minimum absolute atomic E-state index is 0.0202. The van der Waals surface area contributed by atoms with Crippen LogP contribution in [0.5, 0.6) is 0 Å². The molecule has 0 spiro atoms. The van der Waals surface area contributed by atoms with Crippen molar-refractivity contribution in [2.45, 2.75) is 33.1 Å². The van der Waals surface area contributed by atoms with Gasteiger partial charge in [0.1, 0.15) is 11.6 Å². The number of anilines is 3. The average molecular weight is 377 g/mol. The number of halogens is 1. The number of amides is 1. The molecule has 0 aliphatic carbocycles. The molecule has 0 aliphatic heterocycles. The Kier molecular flexibility index (Phi) is 6.04. The first-order valence-corrected chi connectivity index (χ1v) is 9.30. The van der Waals surface area contributed by atoms with Gasteiger partial charge in [-0.1, -0.05) is 50.2 Å². The van der Waals surface area contributed by atoms with Crippen molar-refractivity contribution in [1.29, 1.82) is 0 Å². The lowest BCUT2D eigenvalue weighted by Crippen LogP contribution is -2.15. The van der Waals surface area contributed by atoms with Crippen molar-refractivity contribution in [2.24, 2.45) is 0 Å². The highest BCUT2D eigenvalue weighted by Gasteiger charge is 2.11. The van der Waals surface area contributed by atoms with Crippen LogP contribution in [-0.4, -0.2) is 10.9 Å². The predicted octanol–water partition coefficient (Wildman–Crippen LogP) is 5.58. The Labute approximate surface area is 164 Å². The first kappa shape index (κ1) is 19.5. The molecule has 4 nitrogen and oxygen atoms in total. The normalized spacial score (nSPS) is 10.8. The third-order valence-electron chi connectivity index (χ3n) is 4.54. The van der Waals surface area contributed by atoms with E-state index in [2.05, 4.69) is 54.6 Å². The van der Waals surface area contributed by atoms with Gasteiger partial charge < -0.3 is 10.6 Å². The predicted molar refractivity (Wildman–Crippen MR) is 112 cm³/mol. The van der Waals surface area contributed by atoms with Crippen molar-refractivity contribution in [1.82, 2.24) is 4.98 Å². The summed E-state index contributed by atoms with van der Waals surface area (Å²) in [5.74, 6) is 0.422. The topological polar surface area (TPSA) is 54.0 Å². The van der Waals surface area contributed by atoms with E-state index in [1.807, 2.05) is 6.07 Å². The third-order valence-corrected chi connectivity index (χ3v) is 4.54. The number of nitrogens with one attached hydrogen (secondary N) is 2. The largest absolute Gasteiger partial charge is 0.340 e. The van der Waals surface area contributed by atoms with E-state index in [1.54, 1.807) is 30.5 Å². The fourth-order valence-corrected chi connectivity index (χ4v) is 3.03. The van der Waals surface area contributed by atoms with Gasteiger partial charge in [0.25, 0.3) is 0 Å². The Morgan fingerprint density at radius 2 is 1.86 bits per heavy atom. The highest BCUT2D eigenvalue weighted by molar-refractivity contribution is 5.92. The molecule has 2 aromatic carbocycles. The molecule has 1 aromatic heterocycles. The number of carbonyl (C=O) groups is 1. The maximum atomic E-state index is 13.7. The van der Waals surface area contributed by atoms with Gasteiger partial charge in [0.2, 0.25) is 5.91 Å². The van der Waals surface area contributed by atoms with Crippen LogP contribution >= 0.6 is 0 Å². The monoisotopic (exact) mass is 377 g/mol. The second kappa shape index (κ2) is 8.65. The number of aryl methyl sites for hydroxylation is 1. The zero-order valence-corrected chi connectivity index (χ0v) is 16.3. The molecule has 0 radical (unpaired) electrons. The highest BCUT2D eigenvalue weighted by atomic mass is 19.1. The van der Waals surface area contributed by atoms with E-state index in [0.29, 0.717) is 23.0 Å². The SMILES string of the molecule is Cc1cccc(C(C)C)c1Nc1ccc(NC(=O)Cc2ccccc2F)cn1. The highest BCUT2D eigenvalue weighted by Crippen LogP contribution is 2.29. The second-order valence-electron chi connectivity index (χ2n) is 7.07. The molecular formula is C23H24FN3O. The number of aromatic nitrogens is 1. The fourth-order valence-electron chi connectivity index (χ4n) is 3.03. The molecule has 144 valence electrons. The molecular weight excluding hydrogens is 353 g/mol.